The molecule has 9 rings (SSSR count). The Bertz CT molecular complexity index is 2410. The van der Waals surface area contributed by atoms with E-state index in [0.717, 1.165) is 55.6 Å². The quantitative estimate of drug-likeness (QED) is 0.205. The van der Waals surface area contributed by atoms with Crippen molar-refractivity contribution in [3.8, 4) is 22.3 Å². The number of benzene rings is 7. The Kier molecular flexibility index (Phi) is 6.65. The summed E-state index contributed by atoms with van der Waals surface area (Å²) >= 11 is 0. The lowest BCUT2D eigenvalue weighted by atomic mass is 9.96. The molecule has 2 atom stereocenters. The summed E-state index contributed by atoms with van der Waals surface area (Å²) in [5.74, 6) is 0.853. The summed E-state index contributed by atoms with van der Waals surface area (Å²) in [5, 5.41) is 12.3. The topological polar surface area (TPSA) is 49.6 Å². The van der Waals surface area contributed by atoms with Gasteiger partial charge in [-0.15, -0.1) is 0 Å². The molecule has 8 aromatic rings. The van der Waals surface area contributed by atoms with E-state index in [0.29, 0.717) is 0 Å². The molecule has 0 fully saturated rings. The van der Waals surface area contributed by atoms with Crippen molar-refractivity contribution in [3.05, 3.63) is 180 Å². The maximum absolute atomic E-state index is 6.59. The van der Waals surface area contributed by atoms with Crippen LogP contribution >= 0.6 is 0 Å². The normalized spacial score (nSPS) is 16.3. The molecular formula is C43H31N3O. The summed E-state index contributed by atoms with van der Waals surface area (Å²) in [6.45, 7) is 0. The molecule has 2 heterocycles. The van der Waals surface area contributed by atoms with Gasteiger partial charge in [-0.2, -0.15) is 0 Å². The van der Waals surface area contributed by atoms with Crippen LogP contribution in [-0.2, 0) is 0 Å². The molecule has 0 saturated heterocycles. The number of hydrogen-bond acceptors (Lipinski definition) is 4. The molecule has 2 N–H and O–H groups in total. The van der Waals surface area contributed by atoms with Crippen molar-refractivity contribution in [2.45, 2.75) is 12.3 Å². The SMILES string of the molecule is c1ccc(C2=NC(c3ccc(-c4ccc5ccccc5c4)cc3)NC(c3ccc(-c4ccccc4)c4oc5ccccc5c34)N2)cc1. The molecule has 0 radical (unpaired) electrons. The fraction of sp³-hybridized carbons (Fsp3) is 0.0465. The van der Waals surface area contributed by atoms with Gasteiger partial charge in [-0.1, -0.05) is 152 Å². The number of amidine groups is 1. The predicted octanol–water partition coefficient (Wildman–Crippen LogP) is 10.4. The molecule has 224 valence electrons. The van der Waals surface area contributed by atoms with Crippen molar-refractivity contribution >= 4 is 38.5 Å². The molecule has 0 bridgehead atoms. The number of aliphatic imine (C=N–C) groups is 1. The highest BCUT2D eigenvalue weighted by atomic mass is 16.3. The van der Waals surface area contributed by atoms with Crippen molar-refractivity contribution in [2.24, 2.45) is 4.99 Å². The number of para-hydroxylation sites is 1. The molecule has 0 spiro atoms. The molecule has 0 saturated carbocycles. The molecule has 1 aliphatic heterocycles. The van der Waals surface area contributed by atoms with Gasteiger partial charge in [0.05, 0.1) is 0 Å². The average molecular weight is 606 g/mol. The zero-order valence-corrected chi connectivity index (χ0v) is 25.6. The lowest BCUT2D eigenvalue weighted by molar-refractivity contribution is 0.411. The standard InChI is InChI=1S/C43H31N3O/c1-3-12-30(13-4-1)35-25-26-37(39-36-17-9-10-18-38(36)47-40(35)39)43-45-41(31-14-5-2-6-15-31)44-42(46-43)32-22-19-29(20-23-32)34-24-21-28-11-7-8-16-33(28)27-34/h1-27,42-43,46H,(H,44,45). The Morgan fingerprint density at radius 1 is 0.532 bits per heavy atom. The van der Waals surface area contributed by atoms with E-state index in [-0.39, 0.29) is 12.3 Å². The lowest BCUT2D eigenvalue weighted by Crippen LogP contribution is -2.45. The Labute approximate surface area is 273 Å². The maximum Gasteiger partial charge on any atom is 0.143 e. The highest BCUT2D eigenvalue weighted by molar-refractivity contribution is 6.11. The molecular weight excluding hydrogens is 574 g/mol. The Balaban J connectivity index is 1.14. The molecule has 0 amide bonds. The first-order chi connectivity index (χ1) is 23.3. The number of nitrogens with one attached hydrogen (secondary N) is 2. The Morgan fingerprint density at radius 2 is 1.21 bits per heavy atom. The fourth-order valence-electron chi connectivity index (χ4n) is 6.80. The predicted molar refractivity (Wildman–Crippen MR) is 193 cm³/mol. The van der Waals surface area contributed by atoms with Gasteiger partial charge >= 0.3 is 0 Å². The number of furan rings is 1. The van der Waals surface area contributed by atoms with Crippen LogP contribution in [0.5, 0.6) is 0 Å². The van der Waals surface area contributed by atoms with E-state index in [2.05, 4.69) is 150 Å². The first-order valence-corrected chi connectivity index (χ1v) is 16.0. The molecule has 4 nitrogen and oxygen atoms in total. The van der Waals surface area contributed by atoms with Crippen LogP contribution in [0.4, 0.5) is 0 Å². The minimum atomic E-state index is -0.260. The number of rotatable bonds is 5. The lowest BCUT2D eigenvalue weighted by Gasteiger charge is -2.32. The van der Waals surface area contributed by atoms with Crippen LogP contribution in [0, 0.1) is 0 Å². The highest BCUT2D eigenvalue weighted by Crippen LogP contribution is 2.40. The van der Waals surface area contributed by atoms with Gasteiger partial charge in [0.1, 0.15) is 29.3 Å². The molecule has 1 aliphatic rings. The average Bonchev–Trinajstić information content (AvgIpc) is 3.55. The number of fused-ring (bicyclic) bond motifs is 4. The second-order valence-electron chi connectivity index (χ2n) is 12.0. The zero-order chi connectivity index (χ0) is 31.2. The number of nitrogens with zero attached hydrogens (tertiary/aromatic N) is 1. The van der Waals surface area contributed by atoms with Crippen molar-refractivity contribution in [1.82, 2.24) is 10.6 Å². The van der Waals surface area contributed by atoms with Crippen LogP contribution in [0.25, 0.3) is 55.0 Å². The van der Waals surface area contributed by atoms with E-state index in [4.69, 9.17) is 9.41 Å². The van der Waals surface area contributed by atoms with Crippen molar-refractivity contribution in [1.29, 1.82) is 0 Å². The zero-order valence-electron chi connectivity index (χ0n) is 25.6. The van der Waals surface area contributed by atoms with Crippen molar-refractivity contribution < 1.29 is 4.42 Å². The minimum Gasteiger partial charge on any atom is -0.455 e. The third-order valence-electron chi connectivity index (χ3n) is 9.17. The molecule has 4 heteroatoms. The largest absolute Gasteiger partial charge is 0.455 e. The summed E-state index contributed by atoms with van der Waals surface area (Å²) in [7, 11) is 0. The van der Waals surface area contributed by atoms with E-state index in [1.807, 2.05) is 24.3 Å². The minimum absolute atomic E-state index is 0.221. The molecule has 1 aromatic heterocycles. The van der Waals surface area contributed by atoms with E-state index in [1.165, 1.54) is 21.9 Å². The van der Waals surface area contributed by atoms with Gasteiger partial charge in [0.2, 0.25) is 0 Å². The second kappa shape index (κ2) is 11.4. The summed E-state index contributed by atoms with van der Waals surface area (Å²) in [4.78, 5) is 5.21. The number of hydrogen-bond donors (Lipinski definition) is 2. The summed E-state index contributed by atoms with van der Waals surface area (Å²) in [6.07, 6.45) is -0.481. The van der Waals surface area contributed by atoms with Gasteiger partial charge in [-0.25, -0.2) is 4.99 Å². The van der Waals surface area contributed by atoms with Crippen LogP contribution in [0.3, 0.4) is 0 Å². The summed E-state index contributed by atoms with van der Waals surface area (Å²) in [5.41, 5.74) is 9.62. The van der Waals surface area contributed by atoms with Gasteiger partial charge in [0.25, 0.3) is 0 Å². The Hall–Kier alpha value is -5.97. The third-order valence-corrected chi connectivity index (χ3v) is 9.17. The van der Waals surface area contributed by atoms with Crippen molar-refractivity contribution in [2.75, 3.05) is 0 Å². The maximum atomic E-state index is 6.59. The van der Waals surface area contributed by atoms with Crippen molar-refractivity contribution in [3.63, 3.8) is 0 Å². The second-order valence-corrected chi connectivity index (χ2v) is 12.0. The molecule has 47 heavy (non-hydrogen) atoms. The van der Waals surface area contributed by atoms with Crippen LogP contribution < -0.4 is 10.6 Å². The van der Waals surface area contributed by atoms with Gasteiger partial charge in [-0.05, 0) is 45.2 Å². The van der Waals surface area contributed by atoms with Crippen LogP contribution in [0.1, 0.15) is 29.0 Å². The highest BCUT2D eigenvalue weighted by Gasteiger charge is 2.28. The summed E-state index contributed by atoms with van der Waals surface area (Å²) in [6, 6.07) is 57.5. The van der Waals surface area contributed by atoms with Gasteiger partial charge in [-0.3, -0.25) is 5.32 Å². The third kappa shape index (κ3) is 4.96. The monoisotopic (exact) mass is 605 g/mol. The van der Waals surface area contributed by atoms with Crippen LogP contribution in [0.15, 0.2) is 173 Å². The first kappa shape index (κ1) is 27.3. The molecule has 0 aliphatic carbocycles. The van der Waals surface area contributed by atoms with E-state index < -0.39 is 0 Å². The molecule has 2 unspecified atom stereocenters. The van der Waals surface area contributed by atoms with Gasteiger partial charge < -0.3 is 9.73 Å². The van der Waals surface area contributed by atoms with E-state index in [1.54, 1.807) is 0 Å². The fourth-order valence-corrected chi connectivity index (χ4v) is 6.80. The van der Waals surface area contributed by atoms with Gasteiger partial charge in [0.15, 0.2) is 0 Å². The van der Waals surface area contributed by atoms with Crippen LogP contribution in [-0.4, -0.2) is 5.84 Å². The molecule has 7 aromatic carbocycles. The van der Waals surface area contributed by atoms with E-state index >= 15 is 0 Å². The summed E-state index contributed by atoms with van der Waals surface area (Å²) < 4.78 is 6.59. The first-order valence-electron chi connectivity index (χ1n) is 16.0. The van der Waals surface area contributed by atoms with Crippen LogP contribution in [0.2, 0.25) is 0 Å². The van der Waals surface area contributed by atoms with E-state index in [9.17, 15) is 0 Å². The van der Waals surface area contributed by atoms with Gasteiger partial charge in [0, 0.05) is 27.5 Å². The smallest absolute Gasteiger partial charge is 0.143 e. The Morgan fingerprint density at radius 3 is 2.02 bits per heavy atom.